The second kappa shape index (κ2) is 9.17. The average molecular weight is 543 g/mol. The number of amides is 2. The van der Waals surface area contributed by atoms with Gasteiger partial charge in [-0.05, 0) is 64.7 Å². The molecule has 2 aromatic rings. The summed E-state index contributed by atoms with van der Waals surface area (Å²) in [5.74, 6) is -0.297. The van der Waals surface area contributed by atoms with E-state index in [1.807, 2.05) is 0 Å². The second-order valence-corrected chi connectivity index (χ2v) is 11.3. The van der Waals surface area contributed by atoms with Crippen molar-refractivity contribution in [2.24, 2.45) is 10.4 Å². The number of hydrogen-bond donors (Lipinski definition) is 1. The highest BCUT2D eigenvalue weighted by Crippen LogP contribution is 2.54. The average Bonchev–Trinajstić information content (AvgIpc) is 3.65. The number of rotatable bonds is 3. The molecule has 3 heterocycles. The number of piperidine rings is 1. The van der Waals surface area contributed by atoms with Gasteiger partial charge in [-0.1, -0.05) is 12.1 Å². The van der Waals surface area contributed by atoms with Crippen LogP contribution in [0.3, 0.4) is 0 Å². The Morgan fingerprint density at radius 3 is 2.38 bits per heavy atom. The van der Waals surface area contributed by atoms with E-state index in [0.717, 1.165) is 17.0 Å². The lowest BCUT2D eigenvalue weighted by Gasteiger charge is -2.38. The van der Waals surface area contributed by atoms with Crippen molar-refractivity contribution in [3.05, 3.63) is 47.2 Å². The number of likely N-dealkylation sites (tertiary alicyclic amines) is 1. The van der Waals surface area contributed by atoms with Crippen molar-refractivity contribution in [2.45, 2.75) is 70.8 Å². The number of ether oxygens (including phenoxy) is 1. The number of hydrogen-bond acceptors (Lipinski definition) is 7. The van der Waals surface area contributed by atoms with Crippen molar-refractivity contribution in [1.29, 1.82) is 0 Å². The molecule has 8 nitrogen and oxygen atoms in total. The highest BCUT2D eigenvalue weighted by Gasteiger charge is 2.61. The number of pyridine rings is 1. The van der Waals surface area contributed by atoms with Gasteiger partial charge >= 0.3 is 12.3 Å². The quantitative estimate of drug-likeness (QED) is 0.550. The summed E-state index contributed by atoms with van der Waals surface area (Å²) in [4.78, 5) is 49.3. The van der Waals surface area contributed by atoms with Crippen molar-refractivity contribution in [3.63, 3.8) is 0 Å². The van der Waals surface area contributed by atoms with E-state index in [9.17, 15) is 27.6 Å². The Morgan fingerprint density at radius 1 is 1.13 bits per heavy atom. The van der Waals surface area contributed by atoms with Gasteiger partial charge in [-0.3, -0.25) is 14.6 Å². The number of ketones is 1. The highest BCUT2D eigenvalue weighted by molar-refractivity contribution is 6.15. The van der Waals surface area contributed by atoms with E-state index >= 15 is 0 Å². The van der Waals surface area contributed by atoms with Gasteiger partial charge < -0.3 is 10.1 Å². The minimum absolute atomic E-state index is 0.158. The van der Waals surface area contributed by atoms with Crippen LogP contribution in [0.25, 0.3) is 11.1 Å². The lowest BCUT2D eigenvalue weighted by atomic mass is 9.87. The second-order valence-electron chi connectivity index (χ2n) is 11.3. The fourth-order valence-corrected chi connectivity index (χ4v) is 5.17. The molecule has 206 valence electrons. The van der Waals surface area contributed by atoms with Gasteiger partial charge in [0.1, 0.15) is 17.5 Å². The third-order valence-electron chi connectivity index (χ3n) is 7.39. The predicted octanol–water partition coefficient (Wildman–Crippen LogP) is 5.50. The summed E-state index contributed by atoms with van der Waals surface area (Å²) in [6, 6.07) is 3.63. The molecule has 1 spiro atoms. The van der Waals surface area contributed by atoms with Crippen molar-refractivity contribution >= 4 is 29.8 Å². The smallest absolute Gasteiger partial charge is 0.417 e. The first-order valence-electron chi connectivity index (χ1n) is 12.8. The van der Waals surface area contributed by atoms with E-state index in [2.05, 4.69) is 15.3 Å². The van der Waals surface area contributed by atoms with Crippen LogP contribution in [-0.2, 0) is 15.7 Å². The van der Waals surface area contributed by atoms with Crippen LogP contribution in [0.5, 0.6) is 0 Å². The Kier molecular flexibility index (Phi) is 6.31. The van der Waals surface area contributed by atoms with Crippen LogP contribution in [0.1, 0.15) is 68.4 Å². The van der Waals surface area contributed by atoms with E-state index in [1.165, 1.54) is 18.3 Å². The van der Waals surface area contributed by atoms with E-state index in [1.54, 1.807) is 33.9 Å². The molecule has 11 heteroatoms. The maximum absolute atomic E-state index is 13.4. The summed E-state index contributed by atoms with van der Waals surface area (Å²) in [5.41, 5.74) is -0.628. The van der Waals surface area contributed by atoms with Crippen LogP contribution in [0.2, 0.25) is 0 Å². The van der Waals surface area contributed by atoms with E-state index < -0.39 is 34.9 Å². The number of aromatic nitrogens is 1. The molecule has 2 amide bonds. The zero-order valence-electron chi connectivity index (χ0n) is 22.1. The van der Waals surface area contributed by atoms with Crippen LogP contribution in [-0.4, -0.2) is 58.1 Å². The van der Waals surface area contributed by atoms with Gasteiger partial charge in [0.05, 0.1) is 16.5 Å². The van der Waals surface area contributed by atoms with E-state index in [4.69, 9.17) is 4.74 Å². The van der Waals surface area contributed by atoms with Crippen LogP contribution < -0.4 is 5.32 Å². The Labute approximate surface area is 223 Å². The SMILES string of the molecule is CC1N=Cc2c(-c3ccc(C(F)(F)F)cc3)cnc(NC3CCN(C(=O)OC(C)(C)C)C(=O)C34CC4)c2C1=O. The van der Waals surface area contributed by atoms with Crippen LogP contribution in [0.4, 0.5) is 23.8 Å². The molecule has 2 atom stereocenters. The molecule has 5 rings (SSSR count). The number of anilines is 1. The Balaban J connectivity index is 1.46. The zero-order chi connectivity index (χ0) is 28.3. The number of carbonyl (C=O) groups excluding carboxylic acids is 3. The maximum atomic E-state index is 13.4. The van der Waals surface area contributed by atoms with Gasteiger partial charge in [0.25, 0.3) is 0 Å². The van der Waals surface area contributed by atoms with E-state index in [-0.39, 0.29) is 29.8 Å². The summed E-state index contributed by atoms with van der Waals surface area (Å²) < 4.78 is 44.6. The first kappa shape index (κ1) is 26.8. The van der Waals surface area contributed by atoms with E-state index in [0.29, 0.717) is 41.8 Å². The molecule has 39 heavy (non-hydrogen) atoms. The molecule has 0 bridgehead atoms. The number of benzene rings is 1. The van der Waals surface area contributed by atoms with Gasteiger partial charge in [-0.2, -0.15) is 13.2 Å². The molecule has 1 aromatic heterocycles. The maximum Gasteiger partial charge on any atom is 0.417 e. The molecule has 1 N–H and O–H groups in total. The fourth-order valence-electron chi connectivity index (χ4n) is 5.17. The number of imide groups is 1. The van der Waals surface area contributed by atoms with Crippen LogP contribution >= 0.6 is 0 Å². The zero-order valence-corrected chi connectivity index (χ0v) is 22.1. The number of aliphatic imine (C=N–C) groups is 1. The number of fused-ring (bicyclic) bond motifs is 1. The Hall–Kier alpha value is -3.76. The first-order valence-corrected chi connectivity index (χ1v) is 12.8. The summed E-state index contributed by atoms with van der Waals surface area (Å²) in [7, 11) is 0. The number of nitrogens with zero attached hydrogens (tertiary/aromatic N) is 3. The number of nitrogens with one attached hydrogen (secondary N) is 1. The van der Waals surface area contributed by atoms with Crippen LogP contribution in [0, 0.1) is 5.41 Å². The van der Waals surface area contributed by atoms with Crippen LogP contribution in [0.15, 0.2) is 35.5 Å². The van der Waals surface area contributed by atoms with Crippen molar-refractivity contribution in [3.8, 4) is 11.1 Å². The Bertz CT molecular complexity index is 1370. The third kappa shape index (κ3) is 4.90. The first-order chi connectivity index (χ1) is 18.2. The lowest BCUT2D eigenvalue weighted by molar-refractivity contribution is -0.139. The molecule has 1 aromatic carbocycles. The Morgan fingerprint density at radius 2 is 1.79 bits per heavy atom. The summed E-state index contributed by atoms with van der Waals surface area (Å²) in [5, 5.41) is 3.32. The minimum atomic E-state index is -4.47. The lowest BCUT2D eigenvalue weighted by Crippen LogP contribution is -2.55. The molecule has 1 saturated heterocycles. The number of carbonyl (C=O) groups is 3. The molecule has 0 radical (unpaired) electrons. The largest absolute Gasteiger partial charge is 0.443 e. The van der Waals surface area contributed by atoms with Gasteiger partial charge in [0.15, 0.2) is 5.78 Å². The van der Waals surface area contributed by atoms with Gasteiger partial charge in [0.2, 0.25) is 5.91 Å². The summed E-state index contributed by atoms with van der Waals surface area (Å²) in [6.07, 6.45) is -0.484. The molecule has 3 aliphatic rings. The number of halogens is 3. The molecule has 2 aliphatic heterocycles. The predicted molar refractivity (Wildman–Crippen MR) is 138 cm³/mol. The van der Waals surface area contributed by atoms with Crippen molar-refractivity contribution in [1.82, 2.24) is 9.88 Å². The molecule has 1 saturated carbocycles. The standard InChI is InChI=1S/C28H29F3N4O4/c1-15-22(36)21-19(14-32-15)18(16-5-7-17(8-6-16)28(29,30)31)13-33-23(21)34-20-9-12-35(24(37)27(20)10-11-27)25(38)39-26(2,3)4/h5-8,13-15,20H,9-12H2,1-4H3,(H,33,34). The van der Waals surface area contributed by atoms with Gasteiger partial charge in [-0.15, -0.1) is 0 Å². The normalized spacial score (nSPS) is 22.1. The molecule has 1 aliphatic carbocycles. The third-order valence-corrected chi connectivity index (χ3v) is 7.39. The number of alkyl halides is 3. The molecule has 2 fully saturated rings. The minimum Gasteiger partial charge on any atom is -0.443 e. The van der Waals surface area contributed by atoms with Crippen molar-refractivity contribution in [2.75, 3.05) is 11.9 Å². The van der Waals surface area contributed by atoms with Crippen molar-refractivity contribution < 1.29 is 32.3 Å². The monoisotopic (exact) mass is 542 g/mol. The van der Waals surface area contributed by atoms with Gasteiger partial charge in [-0.25, -0.2) is 14.7 Å². The molecular weight excluding hydrogens is 513 g/mol. The topological polar surface area (TPSA) is 101 Å². The summed E-state index contributed by atoms with van der Waals surface area (Å²) >= 11 is 0. The highest BCUT2D eigenvalue weighted by atomic mass is 19.4. The molecule has 2 unspecified atom stereocenters. The molecular formula is C28H29F3N4O4. The summed E-state index contributed by atoms with van der Waals surface area (Å²) in [6.45, 7) is 7.02. The number of Topliss-reactive ketones (excluding diaryl/α,β-unsaturated/α-hetero) is 1. The fraction of sp³-hybridized carbons (Fsp3) is 0.464. The van der Waals surface area contributed by atoms with Gasteiger partial charge in [0, 0.05) is 36.1 Å².